The number of anilines is 2. The Morgan fingerprint density at radius 1 is 0.840 bits per heavy atom. The quantitative estimate of drug-likeness (QED) is 0.169. The highest BCUT2D eigenvalue weighted by atomic mass is 16.3. The molecule has 4 aliphatic rings. The smallest absolute Gasteiger partial charge is 0.243 e. The minimum atomic E-state index is -0.371. The first-order chi connectivity index (χ1) is 23.6. The number of rotatable bonds is 12. The van der Waals surface area contributed by atoms with Crippen molar-refractivity contribution < 1.29 is 19.5 Å². The first kappa shape index (κ1) is 37.3. The molecule has 0 bridgehead atoms. The largest absolute Gasteiger partial charge is 0.506 e. The Morgan fingerprint density at radius 3 is 2.00 bits per heavy atom. The molecule has 0 aromatic heterocycles. The van der Waals surface area contributed by atoms with Crippen LogP contribution >= 0.6 is 0 Å². The predicted octanol–water partition coefficient (Wildman–Crippen LogP) is 8.98. The number of allylic oxidation sites excluding steroid dienone is 6. The van der Waals surface area contributed by atoms with E-state index in [1.54, 1.807) is 0 Å². The van der Waals surface area contributed by atoms with E-state index in [0.29, 0.717) is 22.5 Å². The van der Waals surface area contributed by atoms with Gasteiger partial charge in [0.1, 0.15) is 5.76 Å². The van der Waals surface area contributed by atoms with Crippen molar-refractivity contribution in [1.82, 2.24) is 4.90 Å². The number of hydrogen-bond donors (Lipinski definition) is 2. The number of likely N-dealkylation sites (tertiary alicyclic amines) is 1. The highest BCUT2D eigenvalue weighted by Gasteiger charge is 2.48. The number of benzene rings is 1. The lowest BCUT2D eigenvalue weighted by Gasteiger charge is -2.31. The summed E-state index contributed by atoms with van der Waals surface area (Å²) in [6.07, 6.45) is 13.1. The second-order valence-electron chi connectivity index (χ2n) is 15.8. The van der Waals surface area contributed by atoms with Crippen LogP contribution in [0.2, 0.25) is 0 Å². The van der Waals surface area contributed by atoms with Gasteiger partial charge in [-0.05, 0) is 62.1 Å². The van der Waals surface area contributed by atoms with Crippen LogP contribution in [0, 0.1) is 5.41 Å². The average molecular weight is 683 g/mol. The molecular weight excluding hydrogens is 624 g/mol. The maximum atomic E-state index is 14.3. The summed E-state index contributed by atoms with van der Waals surface area (Å²) in [7, 11) is 0. The highest BCUT2D eigenvalue weighted by Crippen LogP contribution is 2.53. The van der Waals surface area contributed by atoms with E-state index in [9.17, 15) is 19.5 Å². The third-order valence-corrected chi connectivity index (χ3v) is 11.8. The first-order valence-electron chi connectivity index (χ1n) is 18.8. The van der Waals surface area contributed by atoms with Crippen LogP contribution in [0.1, 0.15) is 132 Å². The number of ketones is 1. The van der Waals surface area contributed by atoms with Crippen LogP contribution in [0.4, 0.5) is 11.4 Å². The molecule has 5 rings (SSSR count). The maximum Gasteiger partial charge on any atom is 0.243 e. The zero-order valence-corrected chi connectivity index (χ0v) is 32.0. The third-order valence-electron chi connectivity index (χ3n) is 11.8. The summed E-state index contributed by atoms with van der Waals surface area (Å²) >= 11 is 0. The molecule has 2 heterocycles. The Balaban J connectivity index is 1.62. The Kier molecular flexibility index (Phi) is 10.7. The number of fused-ring (bicyclic) bond motifs is 2. The van der Waals surface area contributed by atoms with Gasteiger partial charge >= 0.3 is 0 Å². The lowest BCUT2D eigenvalue weighted by Crippen LogP contribution is -2.39. The van der Waals surface area contributed by atoms with Gasteiger partial charge in [-0.15, -0.1) is 0 Å². The minimum absolute atomic E-state index is 0.137. The number of aliphatic hydroxyl groups excluding tert-OH is 1. The Bertz CT molecular complexity index is 1740. The van der Waals surface area contributed by atoms with Gasteiger partial charge in [0.25, 0.3) is 0 Å². The monoisotopic (exact) mass is 682 g/mol. The number of nitrogens with zero attached hydrogens (tertiary/aromatic N) is 3. The van der Waals surface area contributed by atoms with Gasteiger partial charge in [0.2, 0.25) is 17.6 Å². The summed E-state index contributed by atoms with van der Waals surface area (Å²) in [6.45, 7) is 22.4. The number of hydrogen-bond acceptors (Lipinski definition) is 6. The molecular formula is C42H58N4O4. The van der Waals surface area contributed by atoms with Gasteiger partial charge in [0.15, 0.2) is 0 Å². The van der Waals surface area contributed by atoms with E-state index < -0.39 is 0 Å². The van der Waals surface area contributed by atoms with Crippen molar-refractivity contribution >= 4 is 40.3 Å². The summed E-state index contributed by atoms with van der Waals surface area (Å²) in [5.41, 5.74) is 5.99. The standard InChI is InChI=1S/C42H58N4O4/c1-11-13-15-17-19-45-25(3)41(7,8)31-21-29(33(23-35(31)45)43-27(5)47)37-39(49)38(40(37)50)30-22-32-36(24-34(30)44-28(6)48)46(20-18-16-14-12-2)26(4)42(32,9)10/h21-26,49H,11-20H2,1-10H3,(H,43,47)/b38-30-,44-34?. The second-order valence-corrected chi connectivity index (χ2v) is 15.8. The third kappa shape index (κ3) is 6.51. The summed E-state index contributed by atoms with van der Waals surface area (Å²) in [6, 6.07) is 4.38. The van der Waals surface area contributed by atoms with Gasteiger partial charge in [-0.1, -0.05) is 80.1 Å². The van der Waals surface area contributed by atoms with Crippen molar-refractivity contribution in [2.45, 2.75) is 138 Å². The molecule has 8 nitrogen and oxygen atoms in total. The summed E-state index contributed by atoms with van der Waals surface area (Å²) in [4.78, 5) is 48.4. The Morgan fingerprint density at radius 2 is 1.44 bits per heavy atom. The van der Waals surface area contributed by atoms with Crippen molar-refractivity contribution in [3.8, 4) is 0 Å². The van der Waals surface area contributed by atoms with Gasteiger partial charge in [-0.2, -0.15) is 0 Å². The molecule has 2 N–H and O–H groups in total. The van der Waals surface area contributed by atoms with Gasteiger partial charge in [-0.3, -0.25) is 14.4 Å². The highest BCUT2D eigenvalue weighted by molar-refractivity contribution is 6.42. The molecule has 1 fully saturated rings. The van der Waals surface area contributed by atoms with Crippen molar-refractivity contribution in [3.05, 3.63) is 63.6 Å². The van der Waals surface area contributed by atoms with Crippen LogP contribution in [-0.2, 0) is 19.8 Å². The molecule has 0 saturated carbocycles. The zero-order valence-electron chi connectivity index (χ0n) is 32.0. The Hall–Kier alpha value is -3.94. The molecule has 1 aromatic rings. The molecule has 2 amide bonds. The van der Waals surface area contributed by atoms with Crippen LogP contribution in [0.3, 0.4) is 0 Å². The van der Waals surface area contributed by atoms with Gasteiger partial charge < -0.3 is 20.2 Å². The molecule has 2 aliphatic heterocycles. The maximum absolute atomic E-state index is 14.3. The minimum Gasteiger partial charge on any atom is -0.506 e. The summed E-state index contributed by atoms with van der Waals surface area (Å²) in [5.74, 6) is -1.08. The Labute approximate surface area is 299 Å². The molecule has 2 atom stereocenters. The number of amides is 2. The van der Waals surface area contributed by atoms with E-state index in [1.165, 1.54) is 39.5 Å². The lowest BCUT2D eigenvalue weighted by atomic mass is 9.73. The fourth-order valence-electron chi connectivity index (χ4n) is 8.23. The fourth-order valence-corrected chi connectivity index (χ4v) is 8.23. The summed E-state index contributed by atoms with van der Waals surface area (Å²) < 4.78 is 0. The number of aliphatic imine (C=N–C) groups is 1. The van der Waals surface area contributed by atoms with Crippen LogP contribution in [-0.4, -0.2) is 58.5 Å². The topological polar surface area (TPSA) is 102 Å². The molecule has 0 spiro atoms. The van der Waals surface area contributed by atoms with E-state index >= 15 is 0 Å². The van der Waals surface area contributed by atoms with Gasteiger partial charge in [-0.25, -0.2) is 4.99 Å². The summed E-state index contributed by atoms with van der Waals surface area (Å²) in [5, 5.41) is 14.8. The van der Waals surface area contributed by atoms with Crippen LogP contribution in [0.5, 0.6) is 0 Å². The average Bonchev–Trinajstić information content (AvgIpc) is 3.34. The first-order valence-corrected chi connectivity index (χ1v) is 18.8. The van der Waals surface area contributed by atoms with Gasteiger partial charge in [0, 0.05) is 72.4 Å². The van der Waals surface area contributed by atoms with Crippen molar-refractivity contribution in [2.24, 2.45) is 10.4 Å². The lowest BCUT2D eigenvalue weighted by molar-refractivity contribution is -0.116. The molecule has 2 aliphatic carbocycles. The second kappa shape index (κ2) is 14.4. The molecule has 50 heavy (non-hydrogen) atoms. The van der Waals surface area contributed by atoms with Crippen molar-refractivity contribution in [1.29, 1.82) is 0 Å². The van der Waals surface area contributed by atoms with Crippen LogP contribution in [0.15, 0.2) is 57.5 Å². The molecule has 0 radical (unpaired) electrons. The molecule has 1 aromatic carbocycles. The fraction of sp³-hybridized carbons (Fsp3) is 0.571. The molecule has 270 valence electrons. The van der Waals surface area contributed by atoms with E-state index in [0.717, 1.165) is 61.3 Å². The van der Waals surface area contributed by atoms with Crippen molar-refractivity contribution in [3.63, 3.8) is 0 Å². The van der Waals surface area contributed by atoms with Gasteiger partial charge in [0.05, 0.1) is 22.5 Å². The SMILES string of the molecule is CCCCCCN1C2=CC(=NC(C)=O)/C(=C3\C(=O)C(c4cc5c(cc4NC(C)=O)N(CCCCCC)C(C)C5(C)C)=C3O)C=C2C(C)(C)C1C. The normalized spacial score (nSPS) is 24.3. The molecule has 2 unspecified atom stereocenters. The predicted molar refractivity (Wildman–Crippen MR) is 205 cm³/mol. The van der Waals surface area contributed by atoms with Crippen LogP contribution in [0.25, 0.3) is 5.57 Å². The van der Waals surface area contributed by atoms with Crippen molar-refractivity contribution in [2.75, 3.05) is 23.3 Å². The number of carbonyl (C=O) groups is 3. The molecule has 1 saturated heterocycles. The van der Waals surface area contributed by atoms with E-state index in [2.05, 4.69) is 75.5 Å². The molecule has 8 heteroatoms. The van der Waals surface area contributed by atoms with E-state index in [-0.39, 0.29) is 57.4 Å². The van der Waals surface area contributed by atoms with E-state index in [4.69, 9.17) is 0 Å². The number of unbranched alkanes of at least 4 members (excludes halogenated alkanes) is 6. The van der Waals surface area contributed by atoms with Crippen LogP contribution < -0.4 is 10.2 Å². The number of aliphatic hydroxyl groups is 1. The van der Waals surface area contributed by atoms with E-state index in [1.807, 2.05) is 24.3 Å². The number of nitrogens with one attached hydrogen (secondary N) is 1. The zero-order chi connectivity index (χ0) is 36.7. The number of Topliss-reactive ketones (excluding diaryl/α,β-unsaturated/α-hetero) is 1. The number of carbonyl (C=O) groups excluding carboxylic acids is 3.